The van der Waals surface area contributed by atoms with Crippen LogP contribution in [0.1, 0.15) is 11.1 Å². The zero-order valence-corrected chi connectivity index (χ0v) is 8.71. The molecule has 0 bridgehead atoms. The molecule has 0 aliphatic carbocycles. The van der Waals surface area contributed by atoms with Crippen molar-refractivity contribution in [3.8, 4) is 0 Å². The van der Waals surface area contributed by atoms with Crippen molar-refractivity contribution in [1.82, 2.24) is 0 Å². The first-order valence-electron chi connectivity index (χ1n) is 4.23. The van der Waals surface area contributed by atoms with E-state index in [0.29, 0.717) is 11.1 Å². The van der Waals surface area contributed by atoms with Gasteiger partial charge in [-0.1, -0.05) is 12.1 Å². The van der Waals surface area contributed by atoms with E-state index in [4.69, 9.17) is 5.11 Å². The van der Waals surface area contributed by atoms with E-state index in [9.17, 15) is 13.2 Å². The number of aliphatic carboxylic acids is 1. The van der Waals surface area contributed by atoms with Crippen LogP contribution >= 0.6 is 0 Å². The fourth-order valence-corrected chi connectivity index (χ4v) is 3.14. The molecule has 1 aromatic rings. The van der Waals surface area contributed by atoms with Crippen molar-refractivity contribution in [2.75, 3.05) is 0 Å². The Morgan fingerprint density at radius 3 is 2.60 bits per heavy atom. The van der Waals surface area contributed by atoms with Crippen LogP contribution in [0.3, 0.4) is 0 Å². The molecule has 0 radical (unpaired) electrons. The average Bonchev–Trinajstić information content (AvgIpc) is 2.40. The number of hydrogen-bond acceptors (Lipinski definition) is 3. The lowest BCUT2D eigenvalue weighted by Crippen LogP contribution is -1.99. The minimum absolute atomic E-state index is 0.0832. The summed E-state index contributed by atoms with van der Waals surface area (Å²) in [7, 11) is -3.57. The summed E-state index contributed by atoms with van der Waals surface area (Å²) in [5.41, 5.74) is 0.815. The number of benzene rings is 1. The third kappa shape index (κ3) is 1.35. The van der Waals surface area contributed by atoms with Gasteiger partial charge in [-0.25, -0.2) is 13.2 Å². The van der Waals surface area contributed by atoms with Crippen LogP contribution in [0.25, 0.3) is 5.57 Å². The summed E-state index contributed by atoms with van der Waals surface area (Å²) < 4.78 is 23.2. The van der Waals surface area contributed by atoms with Crippen LogP contribution in [-0.2, 0) is 14.6 Å². The van der Waals surface area contributed by atoms with E-state index in [1.54, 1.807) is 19.1 Å². The van der Waals surface area contributed by atoms with Gasteiger partial charge in [0.15, 0.2) is 0 Å². The third-order valence-corrected chi connectivity index (χ3v) is 3.81. The summed E-state index contributed by atoms with van der Waals surface area (Å²) in [6.45, 7) is 1.69. The Hall–Kier alpha value is -1.62. The van der Waals surface area contributed by atoms with E-state index in [-0.39, 0.29) is 10.5 Å². The molecule has 0 unspecified atom stereocenters. The Kier molecular flexibility index (Phi) is 1.94. The molecule has 78 valence electrons. The van der Waals surface area contributed by atoms with Crippen molar-refractivity contribution in [3.63, 3.8) is 0 Å². The zero-order chi connectivity index (χ0) is 11.2. The van der Waals surface area contributed by atoms with Crippen LogP contribution in [0.5, 0.6) is 0 Å². The standard InChI is InChI=1S/C10H8O4S/c1-6-3-2-4-8-9(6)7(10(11)12)5-15(8,13)14/h2-5H,1H3,(H,11,12). The van der Waals surface area contributed by atoms with E-state index in [1.807, 2.05) is 0 Å². The van der Waals surface area contributed by atoms with Crippen LogP contribution < -0.4 is 0 Å². The van der Waals surface area contributed by atoms with E-state index < -0.39 is 15.8 Å². The van der Waals surface area contributed by atoms with Gasteiger partial charge in [0, 0.05) is 5.56 Å². The number of aryl methyl sites for hydroxylation is 1. The van der Waals surface area contributed by atoms with E-state index in [2.05, 4.69) is 0 Å². The van der Waals surface area contributed by atoms with Crippen LogP contribution in [0.2, 0.25) is 0 Å². The Morgan fingerprint density at radius 2 is 2.00 bits per heavy atom. The summed E-state index contributed by atoms with van der Waals surface area (Å²) in [5.74, 6) is -1.22. The molecule has 5 heteroatoms. The fraction of sp³-hybridized carbons (Fsp3) is 0.100. The summed E-state index contributed by atoms with van der Waals surface area (Å²) in [6, 6.07) is 4.71. The number of hydrogen-bond donors (Lipinski definition) is 1. The van der Waals surface area contributed by atoms with Gasteiger partial charge in [-0.05, 0) is 18.6 Å². The molecule has 1 heterocycles. The highest BCUT2D eigenvalue weighted by Gasteiger charge is 2.31. The van der Waals surface area contributed by atoms with Crippen molar-refractivity contribution in [1.29, 1.82) is 0 Å². The summed E-state index contributed by atoms with van der Waals surface area (Å²) >= 11 is 0. The Bertz CT molecular complexity index is 581. The first-order valence-corrected chi connectivity index (χ1v) is 5.78. The summed E-state index contributed by atoms with van der Waals surface area (Å²) in [6.07, 6.45) is 0. The first kappa shape index (κ1) is 9.92. The van der Waals surface area contributed by atoms with E-state index >= 15 is 0 Å². The monoisotopic (exact) mass is 224 g/mol. The van der Waals surface area contributed by atoms with Gasteiger partial charge in [0.05, 0.1) is 15.9 Å². The fourth-order valence-electron chi connectivity index (χ4n) is 1.66. The lowest BCUT2D eigenvalue weighted by Gasteiger charge is -2.03. The van der Waals surface area contributed by atoms with Crippen molar-refractivity contribution < 1.29 is 18.3 Å². The number of carboxylic acid groups (broad SMARTS) is 1. The number of carbonyl (C=O) groups is 1. The highest BCUT2D eigenvalue weighted by molar-refractivity contribution is 7.95. The van der Waals surface area contributed by atoms with Gasteiger partial charge >= 0.3 is 5.97 Å². The number of sulfone groups is 1. The smallest absolute Gasteiger partial charge is 0.337 e. The minimum Gasteiger partial charge on any atom is -0.478 e. The number of fused-ring (bicyclic) bond motifs is 1. The van der Waals surface area contributed by atoms with Gasteiger partial charge in [-0.15, -0.1) is 0 Å². The molecule has 0 saturated heterocycles. The molecule has 4 nitrogen and oxygen atoms in total. The second kappa shape index (κ2) is 2.93. The quantitative estimate of drug-likeness (QED) is 0.778. The molecular formula is C10H8O4S. The summed E-state index contributed by atoms with van der Waals surface area (Å²) in [5, 5.41) is 9.70. The zero-order valence-electron chi connectivity index (χ0n) is 7.89. The predicted octanol–water partition coefficient (Wildman–Crippen LogP) is 1.21. The number of rotatable bonds is 1. The lowest BCUT2D eigenvalue weighted by molar-refractivity contribution is -0.130. The molecule has 0 amide bonds. The second-order valence-corrected chi connectivity index (χ2v) is 5.10. The van der Waals surface area contributed by atoms with Gasteiger partial charge in [0.1, 0.15) is 0 Å². The van der Waals surface area contributed by atoms with Crippen molar-refractivity contribution >= 4 is 21.4 Å². The summed E-state index contributed by atoms with van der Waals surface area (Å²) in [4.78, 5) is 11.0. The highest BCUT2D eigenvalue weighted by atomic mass is 32.2. The second-order valence-electron chi connectivity index (χ2n) is 3.33. The topological polar surface area (TPSA) is 71.4 Å². The molecule has 1 aliphatic heterocycles. The van der Waals surface area contributed by atoms with Crippen molar-refractivity contribution in [3.05, 3.63) is 34.7 Å². The molecule has 2 rings (SSSR count). The van der Waals surface area contributed by atoms with Crippen molar-refractivity contribution in [2.24, 2.45) is 0 Å². The molecule has 15 heavy (non-hydrogen) atoms. The molecule has 0 fully saturated rings. The highest BCUT2D eigenvalue weighted by Crippen LogP contribution is 2.35. The van der Waals surface area contributed by atoms with Crippen LogP contribution in [0.4, 0.5) is 0 Å². The first-order chi connectivity index (χ1) is 6.93. The molecule has 0 saturated carbocycles. The normalized spacial score (nSPS) is 17.0. The predicted molar refractivity (Wildman–Crippen MR) is 54.0 cm³/mol. The van der Waals surface area contributed by atoms with Crippen LogP contribution in [0.15, 0.2) is 28.5 Å². The van der Waals surface area contributed by atoms with Crippen LogP contribution in [0, 0.1) is 6.92 Å². The Labute approximate surface area is 86.8 Å². The van der Waals surface area contributed by atoms with Gasteiger partial charge < -0.3 is 5.11 Å². The molecule has 0 spiro atoms. The lowest BCUT2D eigenvalue weighted by atomic mass is 10.0. The molecule has 1 aliphatic rings. The van der Waals surface area contributed by atoms with Gasteiger partial charge in [0.25, 0.3) is 0 Å². The van der Waals surface area contributed by atoms with Crippen molar-refractivity contribution in [2.45, 2.75) is 11.8 Å². The third-order valence-electron chi connectivity index (χ3n) is 2.31. The molecule has 0 atom stereocenters. The maximum atomic E-state index is 11.6. The van der Waals surface area contributed by atoms with Gasteiger partial charge in [-0.2, -0.15) is 0 Å². The SMILES string of the molecule is Cc1cccc2c1C(C(=O)O)=CS2(=O)=O. The Balaban J connectivity index is 2.86. The molecular weight excluding hydrogens is 216 g/mol. The number of carboxylic acids is 1. The van der Waals surface area contributed by atoms with Gasteiger partial charge in [-0.3, -0.25) is 0 Å². The van der Waals surface area contributed by atoms with Gasteiger partial charge in [0.2, 0.25) is 9.84 Å². The largest absolute Gasteiger partial charge is 0.478 e. The molecule has 1 N–H and O–H groups in total. The maximum Gasteiger partial charge on any atom is 0.337 e. The maximum absolute atomic E-state index is 11.6. The molecule has 0 aromatic heterocycles. The Morgan fingerprint density at radius 1 is 1.33 bits per heavy atom. The molecule has 1 aromatic carbocycles. The van der Waals surface area contributed by atoms with E-state index in [1.165, 1.54) is 6.07 Å². The average molecular weight is 224 g/mol. The van der Waals surface area contributed by atoms with E-state index in [0.717, 1.165) is 5.41 Å². The minimum atomic E-state index is -3.57. The van der Waals surface area contributed by atoms with Crippen LogP contribution in [-0.4, -0.2) is 19.5 Å².